The van der Waals surface area contributed by atoms with Gasteiger partial charge in [0, 0.05) is 10.6 Å². The Kier molecular flexibility index (Phi) is 6.15. The fourth-order valence-electron chi connectivity index (χ4n) is 2.86. The fourth-order valence-corrected chi connectivity index (χ4v) is 6.48. The Balaban J connectivity index is 1.50. The van der Waals surface area contributed by atoms with E-state index in [9.17, 15) is 21.6 Å². The minimum absolute atomic E-state index is 0.255. The van der Waals surface area contributed by atoms with Gasteiger partial charge in [-0.05, 0) is 67.1 Å². The van der Waals surface area contributed by atoms with Crippen LogP contribution in [0.15, 0.2) is 74.8 Å². The SMILES string of the molecule is Cc1ccc2sc(Sc3ccc(NS(=O)(=O)c4ccc(C(F)(F)F)cc4Cl)cc3)nc2c1. The van der Waals surface area contributed by atoms with Crippen molar-refractivity contribution in [2.45, 2.75) is 27.2 Å². The van der Waals surface area contributed by atoms with Crippen LogP contribution in [0.25, 0.3) is 10.2 Å². The average molecular weight is 515 g/mol. The monoisotopic (exact) mass is 514 g/mol. The highest BCUT2D eigenvalue weighted by Crippen LogP contribution is 2.36. The number of hydrogen-bond acceptors (Lipinski definition) is 5. The molecule has 0 bridgehead atoms. The Bertz CT molecular complexity index is 1400. The number of alkyl halides is 3. The maximum absolute atomic E-state index is 12.8. The molecule has 0 aliphatic carbocycles. The summed E-state index contributed by atoms with van der Waals surface area (Å²) in [6, 6.07) is 14.8. The molecular weight excluding hydrogens is 501 g/mol. The zero-order valence-corrected chi connectivity index (χ0v) is 19.5. The topological polar surface area (TPSA) is 59.1 Å². The number of anilines is 1. The van der Waals surface area contributed by atoms with E-state index in [0.29, 0.717) is 12.1 Å². The number of nitrogens with zero attached hydrogens (tertiary/aromatic N) is 1. The van der Waals surface area contributed by atoms with Gasteiger partial charge in [0.1, 0.15) is 4.90 Å². The van der Waals surface area contributed by atoms with Crippen molar-refractivity contribution in [2.24, 2.45) is 0 Å². The lowest BCUT2D eigenvalue weighted by atomic mass is 10.2. The van der Waals surface area contributed by atoms with Crippen molar-refractivity contribution in [3.63, 3.8) is 0 Å². The molecule has 0 saturated carbocycles. The second-order valence-corrected chi connectivity index (χ2v) is 11.2. The molecule has 1 heterocycles. The summed E-state index contributed by atoms with van der Waals surface area (Å²) in [6.45, 7) is 2.00. The number of halogens is 4. The Morgan fingerprint density at radius 2 is 1.75 bits per heavy atom. The van der Waals surface area contributed by atoms with E-state index < -0.39 is 31.7 Å². The lowest BCUT2D eigenvalue weighted by Gasteiger charge is -2.12. The molecular formula is C21H14ClF3N2O2S3. The van der Waals surface area contributed by atoms with Crippen LogP contribution in [0.4, 0.5) is 18.9 Å². The van der Waals surface area contributed by atoms with Crippen LogP contribution in [0.5, 0.6) is 0 Å². The van der Waals surface area contributed by atoms with Crippen LogP contribution < -0.4 is 4.72 Å². The standard InChI is InChI=1S/C21H14ClF3N2O2S3/c1-12-2-8-18-17(10-12)26-20(31-18)30-15-6-4-14(5-7-15)27-32(28,29)19-9-3-13(11-16(19)22)21(23,24)25/h2-11,27H,1H3. The van der Waals surface area contributed by atoms with Crippen LogP contribution in [-0.2, 0) is 16.2 Å². The van der Waals surface area contributed by atoms with Gasteiger partial charge in [-0.15, -0.1) is 11.3 Å². The van der Waals surface area contributed by atoms with E-state index in [0.717, 1.165) is 31.1 Å². The first-order valence-electron chi connectivity index (χ1n) is 9.06. The maximum atomic E-state index is 12.8. The van der Waals surface area contributed by atoms with Crippen molar-refractivity contribution in [2.75, 3.05) is 4.72 Å². The minimum Gasteiger partial charge on any atom is -0.280 e. The van der Waals surface area contributed by atoms with Gasteiger partial charge in [-0.1, -0.05) is 29.4 Å². The van der Waals surface area contributed by atoms with Crippen LogP contribution in [0.3, 0.4) is 0 Å². The number of nitrogens with one attached hydrogen (secondary N) is 1. The molecule has 0 amide bonds. The summed E-state index contributed by atoms with van der Waals surface area (Å²) in [6.07, 6.45) is -4.62. The molecule has 0 aliphatic rings. The molecule has 1 aromatic heterocycles. The van der Waals surface area contributed by atoms with Gasteiger partial charge in [-0.2, -0.15) is 13.2 Å². The van der Waals surface area contributed by atoms with Crippen molar-refractivity contribution in [3.8, 4) is 0 Å². The highest BCUT2D eigenvalue weighted by atomic mass is 35.5. The Hall–Kier alpha value is -2.27. The second kappa shape index (κ2) is 8.58. The molecule has 0 atom stereocenters. The molecule has 1 N–H and O–H groups in total. The van der Waals surface area contributed by atoms with Crippen molar-refractivity contribution < 1.29 is 21.6 Å². The van der Waals surface area contributed by atoms with Gasteiger partial charge in [0.15, 0.2) is 4.34 Å². The summed E-state index contributed by atoms with van der Waals surface area (Å²) in [4.78, 5) is 5.02. The molecule has 0 saturated heterocycles. The summed E-state index contributed by atoms with van der Waals surface area (Å²) >= 11 is 8.83. The summed E-state index contributed by atoms with van der Waals surface area (Å²) in [5.41, 5.74) is 1.29. The van der Waals surface area contributed by atoms with E-state index in [2.05, 4.69) is 9.71 Å². The van der Waals surface area contributed by atoms with Crippen molar-refractivity contribution in [1.29, 1.82) is 0 Å². The molecule has 11 heteroatoms. The van der Waals surface area contributed by atoms with Crippen LogP contribution in [0.1, 0.15) is 11.1 Å². The van der Waals surface area contributed by atoms with Crippen molar-refractivity contribution in [1.82, 2.24) is 4.98 Å². The normalized spacial score (nSPS) is 12.3. The number of rotatable bonds is 5. The number of thiazole rings is 1. The van der Waals surface area contributed by atoms with Gasteiger partial charge in [0.25, 0.3) is 10.0 Å². The first-order valence-corrected chi connectivity index (χ1v) is 12.6. The third-order valence-electron chi connectivity index (χ3n) is 4.38. The van der Waals surface area contributed by atoms with Gasteiger partial charge < -0.3 is 0 Å². The summed E-state index contributed by atoms with van der Waals surface area (Å²) in [5, 5.41) is -0.509. The highest BCUT2D eigenvalue weighted by molar-refractivity contribution is 8.01. The quantitative estimate of drug-likeness (QED) is 0.305. The summed E-state index contributed by atoms with van der Waals surface area (Å²) in [5.74, 6) is 0. The van der Waals surface area contributed by atoms with E-state index in [1.54, 1.807) is 35.6 Å². The third kappa shape index (κ3) is 5.03. The van der Waals surface area contributed by atoms with E-state index in [4.69, 9.17) is 11.6 Å². The van der Waals surface area contributed by atoms with Crippen LogP contribution >= 0.6 is 34.7 Å². The van der Waals surface area contributed by atoms with Gasteiger partial charge in [-0.3, -0.25) is 4.72 Å². The van der Waals surface area contributed by atoms with E-state index in [-0.39, 0.29) is 5.69 Å². The predicted octanol–water partition coefficient (Wildman–Crippen LogP) is 7.23. The zero-order valence-electron chi connectivity index (χ0n) is 16.3. The van der Waals surface area contributed by atoms with E-state index in [1.807, 2.05) is 25.1 Å². The first kappa shape index (κ1) is 22.9. The van der Waals surface area contributed by atoms with Crippen molar-refractivity contribution >= 4 is 60.6 Å². The zero-order chi connectivity index (χ0) is 23.1. The largest absolute Gasteiger partial charge is 0.416 e. The van der Waals surface area contributed by atoms with E-state index >= 15 is 0 Å². The fraction of sp³-hybridized carbons (Fsp3) is 0.0952. The second-order valence-electron chi connectivity index (χ2n) is 6.83. The van der Waals surface area contributed by atoms with Crippen LogP contribution in [0.2, 0.25) is 5.02 Å². The molecule has 0 radical (unpaired) electrons. The predicted molar refractivity (Wildman–Crippen MR) is 122 cm³/mol. The minimum atomic E-state index is -4.62. The van der Waals surface area contributed by atoms with Crippen LogP contribution in [0, 0.1) is 6.92 Å². The number of aryl methyl sites for hydroxylation is 1. The number of benzene rings is 3. The molecule has 4 rings (SSSR count). The number of fused-ring (bicyclic) bond motifs is 1. The van der Waals surface area contributed by atoms with Gasteiger partial charge in [0.2, 0.25) is 0 Å². The smallest absolute Gasteiger partial charge is 0.280 e. The van der Waals surface area contributed by atoms with E-state index in [1.165, 1.54) is 11.8 Å². The first-order chi connectivity index (χ1) is 15.0. The Labute approximate surface area is 195 Å². The average Bonchev–Trinajstić information content (AvgIpc) is 3.09. The Morgan fingerprint density at radius 1 is 1.03 bits per heavy atom. The number of hydrogen-bond donors (Lipinski definition) is 1. The molecule has 32 heavy (non-hydrogen) atoms. The van der Waals surface area contributed by atoms with Crippen molar-refractivity contribution in [3.05, 3.63) is 76.8 Å². The number of aromatic nitrogens is 1. The molecule has 0 aliphatic heterocycles. The molecule has 0 fully saturated rings. The molecule has 0 unspecified atom stereocenters. The number of sulfonamides is 1. The lowest BCUT2D eigenvalue weighted by molar-refractivity contribution is -0.137. The molecule has 0 spiro atoms. The Morgan fingerprint density at radius 3 is 2.41 bits per heavy atom. The van der Waals surface area contributed by atoms with Gasteiger partial charge in [-0.25, -0.2) is 13.4 Å². The van der Waals surface area contributed by atoms with Crippen LogP contribution in [-0.4, -0.2) is 13.4 Å². The van der Waals surface area contributed by atoms with Gasteiger partial charge in [0.05, 0.1) is 20.8 Å². The summed E-state index contributed by atoms with van der Waals surface area (Å²) in [7, 11) is -4.17. The maximum Gasteiger partial charge on any atom is 0.416 e. The molecule has 166 valence electrons. The summed E-state index contributed by atoms with van der Waals surface area (Å²) < 4.78 is 67.8. The molecule has 3 aromatic carbocycles. The highest BCUT2D eigenvalue weighted by Gasteiger charge is 2.32. The lowest BCUT2D eigenvalue weighted by Crippen LogP contribution is -2.14. The van der Waals surface area contributed by atoms with Gasteiger partial charge >= 0.3 is 6.18 Å². The molecule has 4 aromatic rings. The third-order valence-corrected chi connectivity index (χ3v) is 8.35. The molecule has 4 nitrogen and oxygen atoms in total.